The molecule has 0 saturated carbocycles. The number of aromatic amines is 1. The lowest BCUT2D eigenvalue weighted by molar-refractivity contribution is 1.29. The Morgan fingerprint density at radius 1 is 1.11 bits per heavy atom. The van der Waals surface area contributed by atoms with E-state index in [0.717, 1.165) is 10.7 Å². The van der Waals surface area contributed by atoms with Crippen molar-refractivity contribution in [3.8, 4) is 0 Å². The molecule has 0 aromatic carbocycles. The third-order valence-corrected chi connectivity index (χ3v) is 0.807. The van der Waals surface area contributed by atoms with Crippen LogP contribution in [0.2, 0.25) is 0 Å². The van der Waals surface area contributed by atoms with Gasteiger partial charge in [-0.1, -0.05) is 27.0 Å². The van der Waals surface area contributed by atoms with Crippen molar-refractivity contribution in [2.24, 2.45) is 0 Å². The molecule has 0 spiro atoms. The minimum Gasteiger partial charge on any atom is -0.356 e. The Kier molecular flexibility index (Phi) is 3.52. The van der Waals surface area contributed by atoms with Gasteiger partial charge in [-0.15, -0.1) is 0 Å². The largest absolute Gasteiger partial charge is 0.356 e. The summed E-state index contributed by atoms with van der Waals surface area (Å²) < 4.78 is 0. The van der Waals surface area contributed by atoms with Gasteiger partial charge in [0.15, 0.2) is 0 Å². The normalized spacial score (nSPS) is 7.78. The monoisotopic (exact) mass is 123 g/mol. The fourth-order valence-electron chi connectivity index (χ4n) is 0.491. The number of rotatable bonds is 0. The van der Waals surface area contributed by atoms with Gasteiger partial charge >= 0.3 is 0 Å². The summed E-state index contributed by atoms with van der Waals surface area (Å²) in [6.07, 6.45) is 0. The fourth-order valence-corrected chi connectivity index (χ4v) is 0.491. The van der Waals surface area contributed by atoms with E-state index in [2.05, 4.69) is 18.1 Å². The van der Waals surface area contributed by atoms with Gasteiger partial charge in [-0.25, -0.2) is 0 Å². The predicted molar refractivity (Wildman–Crippen MR) is 42.4 cm³/mol. The average Bonchev–Trinajstić information content (AvgIpc) is 2.20. The molecule has 1 heteroatoms. The Morgan fingerprint density at radius 2 is 1.44 bits per heavy atom. The third-order valence-electron chi connectivity index (χ3n) is 0.807. The van der Waals surface area contributed by atoms with Crippen LogP contribution >= 0.6 is 0 Å². The number of nitrogens with one attached hydrogen (secondary N) is 1. The molecule has 0 radical (unpaired) electrons. The quantitative estimate of drug-likeness (QED) is 0.526. The van der Waals surface area contributed by atoms with Crippen molar-refractivity contribution in [3.05, 3.63) is 22.8 Å². The molecule has 1 aromatic heterocycles. The van der Waals surface area contributed by atoms with Crippen molar-refractivity contribution in [1.29, 1.82) is 0 Å². The number of H-pyrrole nitrogens is 1. The maximum atomic E-state index is 3.65. The van der Waals surface area contributed by atoms with Crippen LogP contribution in [0.3, 0.4) is 0 Å². The standard InChI is InChI=1S/C6H7N.C2H6/c1-5-3-4-6(2)7-5;1-2/h3-4,7H,1-2H2;1-2H3. The molecule has 0 fully saturated rings. The molecule has 0 amide bonds. The van der Waals surface area contributed by atoms with E-state index in [1.807, 2.05) is 26.0 Å². The summed E-state index contributed by atoms with van der Waals surface area (Å²) in [5, 5.41) is 1.84. The Morgan fingerprint density at radius 3 is 1.56 bits per heavy atom. The smallest absolute Gasteiger partial charge is 0.0311 e. The first-order valence-electron chi connectivity index (χ1n) is 3.12. The van der Waals surface area contributed by atoms with E-state index in [1.165, 1.54) is 0 Å². The molecule has 0 atom stereocenters. The molecule has 0 aliphatic rings. The lowest BCUT2D eigenvalue weighted by Crippen LogP contribution is -2.04. The van der Waals surface area contributed by atoms with E-state index in [9.17, 15) is 0 Å². The van der Waals surface area contributed by atoms with E-state index < -0.39 is 0 Å². The molecule has 0 saturated heterocycles. The molecule has 1 nitrogen and oxygen atoms in total. The third kappa shape index (κ3) is 2.75. The SMILES string of the molecule is C=c1ccc(=C)[nH]1.CC. The van der Waals surface area contributed by atoms with E-state index in [-0.39, 0.29) is 0 Å². The van der Waals surface area contributed by atoms with Crippen LogP contribution in [0.1, 0.15) is 13.8 Å². The van der Waals surface area contributed by atoms with Crippen LogP contribution in [0.15, 0.2) is 12.1 Å². The zero-order chi connectivity index (χ0) is 7.28. The van der Waals surface area contributed by atoms with Gasteiger partial charge in [0, 0.05) is 10.7 Å². The van der Waals surface area contributed by atoms with Crippen LogP contribution in [0, 0.1) is 0 Å². The summed E-state index contributed by atoms with van der Waals surface area (Å²) in [7, 11) is 0. The first-order chi connectivity index (χ1) is 4.29. The van der Waals surface area contributed by atoms with Crippen LogP contribution in [-0.2, 0) is 0 Å². The maximum Gasteiger partial charge on any atom is 0.0311 e. The zero-order valence-corrected chi connectivity index (χ0v) is 6.07. The molecule has 50 valence electrons. The second kappa shape index (κ2) is 3.96. The van der Waals surface area contributed by atoms with Gasteiger partial charge in [0.1, 0.15) is 0 Å². The van der Waals surface area contributed by atoms with Crippen LogP contribution in [-0.4, -0.2) is 4.98 Å². The highest BCUT2D eigenvalue weighted by Gasteiger charge is 1.70. The highest BCUT2D eigenvalue weighted by atomic mass is 14.6. The predicted octanol–water partition coefficient (Wildman–Crippen LogP) is 0.861. The molecule has 1 N–H and O–H groups in total. The molecule has 1 heterocycles. The Balaban J connectivity index is 0.000000291. The Hall–Kier alpha value is -0.980. The molecule has 1 aromatic rings. The molecule has 0 aliphatic carbocycles. The van der Waals surface area contributed by atoms with Crippen LogP contribution in [0.4, 0.5) is 0 Å². The van der Waals surface area contributed by atoms with Crippen LogP contribution in [0.25, 0.3) is 13.2 Å². The molecule has 0 bridgehead atoms. The van der Waals surface area contributed by atoms with E-state index >= 15 is 0 Å². The van der Waals surface area contributed by atoms with Gasteiger partial charge in [0.25, 0.3) is 0 Å². The van der Waals surface area contributed by atoms with Crippen LogP contribution in [0.5, 0.6) is 0 Å². The summed E-state index contributed by atoms with van der Waals surface area (Å²) in [6, 6.07) is 3.78. The lowest BCUT2D eigenvalue weighted by atomic mass is 10.6. The fraction of sp³-hybridized carbons (Fsp3) is 0.250. The summed E-state index contributed by atoms with van der Waals surface area (Å²) in [4.78, 5) is 2.92. The van der Waals surface area contributed by atoms with E-state index in [0.29, 0.717) is 0 Å². The highest BCUT2D eigenvalue weighted by molar-refractivity contribution is 5.05. The van der Waals surface area contributed by atoms with E-state index in [1.54, 1.807) is 0 Å². The summed E-state index contributed by atoms with van der Waals surface area (Å²) in [5.41, 5.74) is 0. The Labute approximate surface area is 55.7 Å². The number of aromatic nitrogens is 1. The molecular formula is C8H13N. The highest BCUT2D eigenvalue weighted by Crippen LogP contribution is 1.52. The molecular weight excluding hydrogens is 110 g/mol. The lowest BCUT2D eigenvalue weighted by Gasteiger charge is -1.62. The first-order valence-corrected chi connectivity index (χ1v) is 3.12. The summed E-state index contributed by atoms with van der Waals surface area (Å²) in [5.74, 6) is 0. The van der Waals surface area contributed by atoms with Gasteiger partial charge < -0.3 is 4.98 Å². The van der Waals surface area contributed by atoms with Gasteiger partial charge in [-0.2, -0.15) is 0 Å². The molecule has 0 aliphatic heterocycles. The van der Waals surface area contributed by atoms with Crippen molar-refractivity contribution >= 4 is 13.2 Å². The second-order valence-corrected chi connectivity index (χ2v) is 1.51. The van der Waals surface area contributed by atoms with Gasteiger partial charge in [0.2, 0.25) is 0 Å². The minimum atomic E-state index is 0.921. The molecule has 0 unspecified atom stereocenters. The molecule has 1 rings (SSSR count). The van der Waals surface area contributed by atoms with Crippen molar-refractivity contribution in [1.82, 2.24) is 4.98 Å². The van der Waals surface area contributed by atoms with Crippen molar-refractivity contribution in [2.75, 3.05) is 0 Å². The number of hydrogen-bond acceptors (Lipinski definition) is 0. The topological polar surface area (TPSA) is 15.8 Å². The zero-order valence-electron chi connectivity index (χ0n) is 6.07. The first kappa shape index (κ1) is 8.02. The second-order valence-electron chi connectivity index (χ2n) is 1.51. The Bertz CT molecular complexity index is 209. The van der Waals surface area contributed by atoms with E-state index in [4.69, 9.17) is 0 Å². The van der Waals surface area contributed by atoms with Crippen LogP contribution < -0.4 is 10.7 Å². The van der Waals surface area contributed by atoms with Crippen molar-refractivity contribution in [3.63, 3.8) is 0 Å². The van der Waals surface area contributed by atoms with Crippen molar-refractivity contribution < 1.29 is 0 Å². The summed E-state index contributed by atoms with van der Waals surface area (Å²) >= 11 is 0. The summed E-state index contributed by atoms with van der Waals surface area (Å²) in [6.45, 7) is 11.3. The average molecular weight is 123 g/mol. The van der Waals surface area contributed by atoms with Crippen molar-refractivity contribution in [2.45, 2.75) is 13.8 Å². The molecule has 9 heavy (non-hydrogen) atoms. The minimum absolute atomic E-state index is 0.921. The number of hydrogen-bond donors (Lipinski definition) is 1. The van der Waals surface area contributed by atoms with Gasteiger partial charge in [-0.3, -0.25) is 0 Å². The maximum absolute atomic E-state index is 3.65. The van der Waals surface area contributed by atoms with Gasteiger partial charge in [-0.05, 0) is 12.1 Å². The van der Waals surface area contributed by atoms with Gasteiger partial charge in [0.05, 0.1) is 0 Å².